The van der Waals surface area contributed by atoms with Crippen LogP contribution in [0.2, 0.25) is 0 Å². The average Bonchev–Trinajstić information content (AvgIpc) is 3.00. The van der Waals surface area contributed by atoms with E-state index in [4.69, 9.17) is 0 Å². The lowest BCUT2D eigenvalue weighted by Crippen LogP contribution is -2.34. The molecular formula is C18H13NO2. The highest BCUT2D eigenvalue weighted by molar-refractivity contribution is 6.22. The number of benzene rings is 2. The van der Waals surface area contributed by atoms with Gasteiger partial charge in [-0.25, -0.2) is 0 Å². The normalized spacial score (nSPS) is 23.1. The maximum Gasteiger partial charge on any atom is 0.240 e. The number of rotatable bonds is 1. The smallest absolute Gasteiger partial charge is 0.240 e. The van der Waals surface area contributed by atoms with Gasteiger partial charge in [-0.1, -0.05) is 48.5 Å². The molecule has 0 unspecified atom stereocenters. The third kappa shape index (κ3) is 1.54. The first-order chi connectivity index (χ1) is 10.2. The van der Waals surface area contributed by atoms with E-state index >= 15 is 0 Å². The highest BCUT2D eigenvalue weighted by atomic mass is 16.2. The van der Waals surface area contributed by atoms with Gasteiger partial charge in [0.25, 0.3) is 0 Å². The van der Waals surface area contributed by atoms with Gasteiger partial charge in [-0.05, 0) is 28.8 Å². The van der Waals surface area contributed by atoms with Crippen LogP contribution in [0, 0.1) is 0 Å². The number of para-hydroxylation sites is 1. The van der Waals surface area contributed by atoms with Gasteiger partial charge in [-0.15, -0.1) is 0 Å². The minimum atomic E-state index is -0.866. The molecule has 1 spiro atoms. The van der Waals surface area contributed by atoms with Crippen molar-refractivity contribution >= 4 is 23.0 Å². The van der Waals surface area contributed by atoms with Crippen molar-refractivity contribution in [3.8, 4) is 0 Å². The van der Waals surface area contributed by atoms with E-state index < -0.39 is 5.41 Å². The van der Waals surface area contributed by atoms with Crippen molar-refractivity contribution < 1.29 is 9.59 Å². The number of amides is 1. The van der Waals surface area contributed by atoms with Gasteiger partial charge in [0.15, 0.2) is 5.78 Å². The van der Waals surface area contributed by atoms with Crippen molar-refractivity contribution in [2.75, 3.05) is 5.32 Å². The Labute approximate surface area is 122 Å². The number of anilines is 1. The van der Waals surface area contributed by atoms with Crippen molar-refractivity contribution in [1.82, 2.24) is 0 Å². The Morgan fingerprint density at radius 3 is 2.43 bits per heavy atom. The SMILES string of the molecule is O=C1C=C(c2ccccc2)[C@@]2(C1)C(=O)Nc1ccccc12. The Balaban J connectivity index is 1.97. The molecule has 3 nitrogen and oxygen atoms in total. The third-order valence-electron chi connectivity index (χ3n) is 4.31. The van der Waals surface area contributed by atoms with Gasteiger partial charge in [0.1, 0.15) is 5.41 Å². The Hall–Kier alpha value is -2.68. The van der Waals surface area contributed by atoms with Crippen LogP contribution >= 0.6 is 0 Å². The van der Waals surface area contributed by atoms with Crippen molar-refractivity contribution in [2.24, 2.45) is 0 Å². The van der Waals surface area contributed by atoms with Crippen molar-refractivity contribution in [3.63, 3.8) is 0 Å². The van der Waals surface area contributed by atoms with Crippen molar-refractivity contribution in [2.45, 2.75) is 11.8 Å². The molecule has 102 valence electrons. The van der Waals surface area contributed by atoms with Crippen LogP contribution in [0.15, 0.2) is 60.7 Å². The number of allylic oxidation sites excluding steroid dienone is 1. The molecule has 0 radical (unpaired) electrons. The third-order valence-corrected chi connectivity index (χ3v) is 4.31. The van der Waals surface area contributed by atoms with Gasteiger partial charge >= 0.3 is 0 Å². The van der Waals surface area contributed by atoms with Gasteiger partial charge < -0.3 is 5.32 Å². The molecule has 2 aromatic carbocycles. The van der Waals surface area contributed by atoms with E-state index in [2.05, 4.69) is 5.32 Å². The fourth-order valence-electron chi connectivity index (χ4n) is 3.40. The Morgan fingerprint density at radius 1 is 0.905 bits per heavy atom. The first kappa shape index (κ1) is 12.1. The standard InChI is InChI=1S/C18H13NO2/c20-13-10-15(12-6-2-1-3-7-12)18(11-13)14-8-4-5-9-16(14)19-17(18)21/h1-10H,11H2,(H,19,21)/t18-/m0/s1. The largest absolute Gasteiger partial charge is 0.325 e. The molecule has 0 saturated carbocycles. The molecule has 3 heteroatoms. The fourth-order valence-corrected chi connectivity index (χ4v) is 3.40. The van der Waals surface area contributed by atoms with E-state index in [0.29, 0.717) is 0 Å². The number of hydrogen-bond donors (Lipinski definition) is 1. The van der Waals surface area contributed by atoms with Gasteiger partial charge in [-0.3, -0.25) is 9.59 Å². The molecule has 1 heterocycles. The molecule has 1 aliphatic carbocycles. The summed E-state index contributed by atoms with van der Waals surface area (Å²) in [5.41, 5.74) is 2.57. The first-order valence-electron chi connectivity index (χ1n) is 6.93. The van der Waals surface area contributed by atoms with Crippen LogP contribution in [0.5, 0.6) is 0 Å². The highest BCUT2D eigenvalue weighted by Gasteiger charge is 2.53. The molecule has 0 fully saturated rings. The predicted molar refractivity (Wildman–Crippen MR) is 80.8 cm³/mol. The Morgan fingerprint density at radius 2 is 1.62 bits per heavy atom. The lowest BCUT2D eigenvalue weighted by molar-refractivity contribution is -0.122. The van der Waals surface area contributed by atoms with Crippen LogP contribution in [0.1, 0.15) is 17.5 Å². The second kappa shape index (κ2) is 4.16. The van der Waals surface area contributed by atoms with Gasteiger partial charge in [0.05, 0.1) is 0 Å². The minimum Gasteiger partial charge on any atom is -0.325 e. The summed E-state index contributed by atoms with van der Waals surface area (Å²) in [6.07, 6.45) is 1.83. The topological polar surface area (TPSA) is 46.2 Å². The van der Waals surface area contributed by atoms with Crippen LogP contribution in [0.4, 0.5) is 5.69 Å². The second-order valence-corrected chi connectivity index (χ2v) is 5.47. The van der Waals surface area contributed by atoms with Crippen LogP contribution in [-0.4, -0.2) is 11.7 Å². The Bertz CT molecular complexity index is 792. The molecule has 21 heavy (non-hydrogen) atoms. The van der Waals surface area contributed by atoms with Crippen LogP contribution in [-0.2, 0) is 15.0 Å². The summed E-state index contributed by atoms with van der Waals surface area (Å²) in [5, 5.41) is 2.92. The van der Waals surface area contributed by atoms with E-state index in [0.717, 1.165) is 22.4 Å². The maximum absolute atomic E-state index is 12.7. The average molecular weight is 275 g/mol. The summed E-state index contributed by atoms with van der Waals surface area (Å²) >= 11 is 0. The summed E-state index contributed by atoms with van der Waals surface area (Å²) in [4.78, 5) is 24.8. The number of hydrogen-bond acceptors (Lipinski definition) is 2. The van der Waals surface area contributed by atoms with Crippen molar-refractivity contribution in [1.29, 1.82) is 0 Å². The van der Waals surface area contributed by atoms with Crippen molar-refractivity contribution in [3.05, 3.63) is 71.8 Å². The molecule has 1 aliphatic heterocycles. The monoisotopic (exact) mass is 275 g/mol. The summed E-state index contributed by atoms with van der Waals surface area (Å²) < 4.78 is 0. The summed E-state index contributed by atoms with van der Waals surface area (Å²) in [6, 6.07) is 17.3. The summed E-state index contributed by atoms with van der Waals surface area (Å²) in [7, 11) is 0. The quantitative estimate of drug-likeness (QED) is 0.869. The lowest BCUT2D eigenvalue weighted by atomic mass is 9.73. The molecule has 4 rings (SSSR count). The second-order valence-electron chi connectivity index (χ2n) is 5.47. The number of ketones is 1. The predicted octanol–water partition coefficient (Wildman–Crippen LogP) is 2.93. The van der Waals surface area contributed by atoms with Gasteiger partial charge in [0, 0.05) is 12.1 Å². The highest BCUT2D eigenvalue weighted by Crippen LogP contribution is 2.52. The lowest BCUT2D eigenvalue weighted by Gasteiger charge is -2.25. The molecule has 1 atom stereocenters. The molecule has 0 aromatic heterocycles. The van der Waals surface area contributed by atoms with Crippen LogP contribution < -0.4 is 5.32 Å². The van der Waals surface area contributed by atoms with E-state index in [1.165, 1.54) is 0 Å². The zero-order valence-corrected chi connectivity index (χ0v) is 11.3. The van der Waals surface area contributed by atoms with E-state index in [-0.39, 0.29) is 18.1 Å². The molecule has 2 aliphatic rings. The fraction of sp³-hybridized carbons (Fsp3) is 0.111. The molecule has 1 amide bonds. The summed E-state index contributed by atoms with van der Waals surface area (Å²) in [5.74, 6) is -0.106. The van der Waals surface area contributed by atoms with E-state index in [1.54, 1.807) is 6.08 Å². The van der Waals surface area contributed by atoms with E-state index in [1.807, 2.05) is 54.6 Å². The molecule has 0 bridgehead atoms. The van der Waals surface area contributed by atoms with Crippen LogP contribution in [0.3, 0.4) is 0 Å². The number of fused-ring (bicyclic) bond motifs is 2. The zero-order chi connectivity index (χ0) is 14.4. The minimum absolute atomic E-state index is 0.000654. The number of carbonyl (C=O) groups excluding carboxylic acids is 2. The first-order valence-corrected chi connectivity index (χ1v) is 6.93. The molecule has 2 aromatic rings. The Kier molecular flexibility index (Phi) is 2.39. The summed E-state index contributed by atoms with van der Waals surface area (Å²) in [6.45, 7) is 0. The molecule has 0 saturated heterocycles. The van der Waals surface area contributed by atoms with Gasteiger partial charge in [0.2, 0.25) is 5.91 Å². The zero-order valence-electron chi connectivity index (χ0n) is 11.3. The number of carbonyl (C=O) groups is 2. The maximum atomic E-state index is 12.7. The molecule has 1 N–H and O–H groups in total. The van der Waals surface area contributed by atoms with E-state index in [9.17, 15) is 9.59 Å². The van der Waals surface area contributed by atoms with Gasteiger partial charge in [-0.2, -0.15) is 0 Å². The van der Waals surface area contributed by atoms with Crippen LogP contribution in [0.25, 0.3) is 5.57 Å². The molecular weight excluding hydrogens is 262 g/mol. The number of nitrogens with one attached hydrogen (secondary N) is 1.